The first-order valence-electron chi connectivity index (χ1n) is 9.02. The van der Waals surface area contributed by atoms with Crippen LogP contribution in [0.1, 0.15) is 9.67 Å². The van der Waals surface area contributed by atoms with Crippen LogP contribution in [0.4, 0.5) is 17.3 Å². The third kappa shape index (κ3) is 4.50. The van der Waals surface area contributed by atoms with Crippen molar-refractivity contribution in [1.82, 2.24) is 10.5 Å². The van der Waals surface area contributed by atoms with Gasteiger partial charge in [-0.3, -0.25) is 10.1 Å². The van der Waals surface area contributed by atoms with Gasteiger partial charge in [-0.1, -0.05) is 5.16 Å². The Morgan fingerprint density at radius 1 is 1.34 bits per heavy atom. The van der Waals surface area contributed by atoms with Crippen molar-refractivity contribution in [2.75, 3.05) is 37.5 Å². The van der Waals surface area contributed by atoms with Gasteiger partial charge in [-0.25, -0.2) is 0 Å². The summed E-state index contributed by atoms with van der Waals surface area (Å²) in [5, 5.41) is 13.9. The molecule has 10 heteroatoms. The Morgan fingerprint density at radius 2 is 2.24 bits per heavy atom. The van der Waals surface area contributed by atoms with E-state index in [1.165, 1.54) is 11.3 Å². The van der Waals surface area contributed by atoms with Gasteiger partial charge in [-0.05, 0) is 24.3 Å². The third-order valence-corrected chi connectivity index (χ3v) is 5.46. The van der Waals surface area contributed by atoms with Gasteiger partial charge in [-0.2, -0.15) is 0 Å². The van der Waals surface area contributed by atoms with Gasteiger partial charge in [0, 0.05) is 24.4 Å². The van der Waals surface area contributed by atoms with E-state index in [9.17, 15) is 4.79 Å². The summed E-state index contributed by atoms with van der Waals surface area (Å²) < 4.78 is 16.3. The zero-order chi connectivity index (χ0) is 20.2. The summed E-state index contributed by atoms with van der Waals surface area (Å²) in [7, 11) is 1.61. The van der Waals surface area contributed by atoms with E-state index < -0.39 is 5.91 Å². The number of anilines is 3. The molecular weight excluding hydrogens is 394 g/mol. The normalized spacial score (nSPS) is 16.4. The molecule has 1 fully saturated rings. The first kappa shape index (κ1) is 19.2. The van der Waals surface area contributed by atoms with Crippen molar-refractivity contribution in [3.8, 4) is 16.3 Å². The molecule has 0 radical (unpaired) electrons. The molecule has 1 aromatic carbocycles. The number of primary amides is 1. The van der Waals surface area contributed by atoms with Crippen LogP contribution in [-0.2, 0) is 4.74 Å². The molecule has 1 unspecified atom stereocenters. The van der Waals surface area contributed by atoms with Gasteiger partial charge >= 0.3 is 0 Å². The lowest BCUT2D eigenvalue weighted by Gasteiger charge is -2.26. The summed E-state index contributed by atoms with van der Waals surface area (Å²) in [4.78, 5) is 12.5. The number of rotatable bonds is 7. The smallest absolute Gasteiger partial charge is 0.258 e. The molecule has 4 rings (SSSR count). The Bertz CT molecular complexity index is 996. The number of methoxy groups -OCH3 is 1. The SMILES string of the molecule is COc1cc(NC2COCCN2)ccc1Nc1cc(-c2ccc(C(N)=O)s2)no1. The molecule has 1 atom stereocenters. The standard InChI is InChI=1S/C19H21N5O4S/c1-26-14-8-11(22-17-10-27-7-6-21-17)2-3-12(14)23-18-9-13(24-28-18)15-4-5-16(29-15)19(20)25/h2-5,8-9,17,21-23H,6-7,10H2,1H3,(H2,20,25). The number of aromatic nitrogens is 1. The van der Waals surface area contributed by atoms with E-state index >= 15 is 0 Å². The van der Waals surface area contributed by atoms with Crippen LogP contribution in [0.2, 0.25) is 0 Å². The Morgan fingerprint density at radius 3 is 2.97 bits per heavy atom. The molecule has 1 aliphatic heterocycles. The number of nitrogens with zero attached hydrogens (tertiary/aromatic N) is 1. The van der Waals surface area contributed by atoms with Crippen LogP contribution in [0.5, 0.6) is 5.75 Å². The molecule has 1 aliphatic rings. The summed E-state index contributed by atoms with van der Waals surface area (Å²) in [5.74, 6) is 0.642. The zero-order valence-corrected chi connectivity index (χ0v) is 16.5. The molecule has 2 aromatic heterocycles. The van der Waals surface area contributed by atoms with Gasteiger partial charge in [0.2, 0.25) is 5.88 Å². The Labute approximate surface area is 171 Å². The number of hydrogen-bond acceptors (Lipinski definition) is 9. The zero-order valence-electron chi connectivity index (χ0n) is 15.7. The second-order valence-electron chi connectivity index (χ2n) is 6.37. The molecule has 5 N–H and O–H groups in total. The highest BCUT2D eigenvalue weighted by molar-refractivity contribution is 7.17. The second kappa shape index (κ2) is 8.52. The van der Waals surface area contributed by atoms with Crippen LogP contribution in [0.25, 0.3) is 10.6 Å². The fourth-order valence-electron chi connectivity index (χ4n) is 2.93. The minimum atomic E-state index is -0.462. The molecule has 0 saturated carbocycles. The third-order valence-electron chi connectivity index (χ3n) is 4.33. The Kier molecular flexibility index (Phi) is 5.65. The number of benzene rings is 1. The lowest BCUT2D eigenvalue weighted by atomic mass is 10.2. The molecule has 3 aromatic rings. The lowest BCUT2D eigenvalue weighted by Crippen LogP contribution is -2.46. The van der Waals surface area contributed by atoms with Crippen molar-refractivity contribution in [3.05, 3.63) is 41.3 Å². The molecule has 0 bridgehead atoms. The number of ether oxygens (including phenoxy) is 2. The fraction of sp³-hybridized carbons (Fsp3) is 0.263. The summed E-state index contributed by atoms with van der Waals surface area (Å²) in [6.07, 6.45) is 0.0557. The predicted molar refractivity (Wildman–Crippen MR) is 111 cm³/mol. The molecule has 1 amide bonds. The van der Waals surface area contributed by atoms with Gasteiger partial charge < -0.3 is 30.4 Å². The molecule has 9 nitrogen and oxygen atoms in total. The van der Waals surface area contributed by atoms with E-state index in [1.807, 2.05) is 18.2 Å². The van der Waals surface area contributed by atoms with Crippen molar-refractivity contribution < 1.29 is 18.8 Å². The van der Waals surface area contributed by atoms with E-state index in [0.717, 1.165) is 29.4 Å². The average molecular weight is 415 g/mol. The molecule has 0 aliphatic carbocycles. The number of thiophene rings is 1. The predicted octanol–water partition coefficient (Wildman–Crippen LogP) is 2.61. The number of amides is 1. The molecule has 152 valence electrons. The quantitative estimate of drug-likeness (QED) is 0.464. The number of morpholine rings is 1. The minimum absolute atomic E-state index is 0.0557. The highest BCUT2D eigenvalue weighted by Gasteiger charge is 2.15. The number of carbonyl (C=O) groups excluding carboxylic acids is 1. The Balaban J connectivity index is 1.47. The maximum Gasteiger partial charge on any atom is 0.258 e. The highest BCUT2D eigenvalue weighted by atomic mass is 32.1. The summed E-state index contributed by atoms with van der Waals surface area (Å²) in [5.41, 5.74) is 7.56. The van der Waals surface area contributed by atoms with E-state index in [4.69, 9.17) is 19.7 Å². The average Bonchev–Trinajstić information content (AvgIpc) is 3.39. The maximum atomic E-state index is 11.3. The van der Waals surface area contributed by atoms with E-state index in [0.29, 0.717) is 28.8 Å². The monoisotopic (exact) mass is 415 g/mol. The lowest BCUT2D eigenvalue weighted by molar-refractivity contribution is 0.0849. The van der Waals surface area contributed by atoms with Gasteiger partial charge in [0.15, 0.2) is 0 Å². The van der Waals surface area contributed by atoms with Crippen LogP contribution < -0.4 is 26.4 Å². The highest BCUT2D eigenvalue weighted by Crippen LogP contribution is 2.33. The summed E-state index contributed by atoms with van der Waals surface area (Å²) in [6.45, 7) is 2.13. The van der Waals surface area contributed by atoms with Crippen molar-refractivity contribution in [1.29, 1.82) is 0 Å². The summed E-state index contributed by atoms with van der Waals surface area (Å²) in [6, 6.07) is 10.9. The molecular formula is C19H21N5O4S. The number of nitrogens with two attached hydrogens (primary N) is 1. The van der Waals surface area contributed by atoms with Crippen LogP contribution in [0, 0.1) is 0 Å². The molecule has 3 heterocycles. The van der Waals surface area contributed by atoms with Gasteiger partial charge in [-0.15, -0.1) is 11.3 Å². The van der Waals surface area contributed by atoms with Crippen LogP contribution >= 0.6 is 11.3 Å². The van der Waals surface area contributed by atoms with Crippen LogP contribution in [0.15, 0.2) is 40.9 Å². The minimum Gasteiger partial charge on any atom is -0.494 e. The van der Waals surface area contributed by atoms with E-state index in [2.05, 4.69) is 21.1 Å². The molecule has 1 saturated heterocycles. The molecule has 29 heavy (non-hydrogen) atoms. The number of hydrogen-bond donors (Lipinski definition) is 4. The van der Waals surface area contributed by atoms with Crippen LogP contribution in [-0.4, -0.2) is 44.1 Å². The maximum absolute atomic E-state index is 11.3. The van der Waals surface area contributed by atoms with Gasteiger partial charge in [0.05, 0.1) is 35.8 Å². The van der Waals surface area contributed by atoms with E-state index in [-0.39, 0.29) is 6.17 Å². The van der Waals surface area contributed by atoms with E-state index in [1.54, 1.807) is 25.3 Å². The molecule has 0 spiro atoms. The van der Waals surface area contributed by atoms with Crippen molar-refractivity contribution in [2.24, 2.45) is 5.73 Å². The first-order valence-corrected chi connectivity index (χ1v) is 9.83. The Hall–Kier alpha value is -3.08. The number of nitrogens with one attached hydrogen (secondary N) is 3. The van der Waals surface area contributed by atoms with Crippen molar-refractivity contribution in [2.45, 2.75) is 6.17 Å². The van der Waals surface area contributed by atoms with Crippen LogP contribution in [0.3, 0.4) is 0 Å². The number of carbonyl (C=O) groups is 1. The second-order valence-corrected chi connectivity index (χ2v) is 7.45. The van der Waals surface area contributed by atoms with Gasteiger partial charge in [0.1, 0.15) is 17.6 Å². The van der Waals surface area contributed by atoms with Crippen molar-refractivity contribution in [3.63, 3.8) is 0 Å². The topological polar surface area (TPSA) is 124 Å². The van der Waals surface area contributed by atoms with Crippen molar-refractivity contribution >= 4 is 34.5 Å². The summed E-state index contributed by atoms with van der Waals surface area (Å²) >= 11 is 1.27. The largest absolute Gasteiger partial charge is 0.494 e. The van der Waals surface area contributed by atoms with Gasteiger partial charge in [0.25, 0.3) is 5.91 Å². The first-order chi connectivity index (χ1) is 14.1. The fourth-order valence-corrected chi connectivity index (χ4v) is 3.74.